The normalized spacial score (nSPS) is 4.29. The molecule has 0 aromatic heterocycles. The van der Waals surface area contributed by atoms with Gasteiger partial charge in [-0.25, -0.2) is 4.79 Å². The van der Waals surface area contributed by atoms with Crippen LogP contribution in [0, 0.1) is 0 Å². The van der Waals surface area contributed by atoms with Crippen molar-refractivity contribution in [1.82, 2.24) is 0 Å². The van der Waals surface area contributed by atoms with Gasteiger partial charge in [0.2, 0.25) is 0 Å². The molecule has 2 amide bonds. The summed E-state index contributed by atoms with van der Waals surface area (Å²) >= 11 is 4.64. The first-order chi connectivity index (χ1) is 2.73. The van der Waals surface area contributed by atoms with E-state index < -0.39 is 6.03 Å². The minimum Gasteiger partial charge on any atom is -0.352 e. The number of alkyl halides is 1. The van der Waals surface area contributed by atoms with E-state index in [1.165, 1.54) is 6.38 Å². The Morgan fingerprint density at radius 3 is 1.43 bits per heavy atom. The Morgan fingerprint density at radius 2 is 1.43 bits per heavy atom. The summed E-state index contributed by atoms with van der Waals surface area (Å²) in [7, 11) is 0. The molecule has 0 aromatic carbocycles. The third kappa shape index (κ3) is 954000. The zero-order valence-electron chi connectivity index (χ0n) is 4.15. The first-order valence-electron chi connectivity index (χ1n) is 1.16. The minimum atomic E-state index is -0.833. The van der Waals surface area contributed by atoms with Crippen LogP contribution in [0.15, 0.2) is 0 Å². The molecule has 0 aliphatic rings. The Hall–Kier alpha value is -0.0100. The maximum atomic E-state index is 9.00. The fraction of sp³-hybridized carbons (Fsp3) is 0.500. The Labute approximate surface area is 51.0 Å². The van der Waals surface area contributed by atoms with Crippen molar-refractivity contribution < 1.29 is 4.79 Å². The van der Waals surface area contributed by atoms with E-state index in [0.29, 0.717) is 0 Å². The lowest BCUT2D eigenvalue weighted by atomic mass is 11.2. The van der Waals surface area contributed by atoms with Crippen molar-refractivity contribution in [2.45, 2.75) is 0 Å². The van der Waals surface area contributed by atoms with E-state index in [1.807, 2.05) is 0 Å². The van der Waals surface area contributed by atoms with Crippen LogP contribution in [0.25, 0.3) is 0 Å². The quantitative estimate of drug-likeness (QED) is 0.363. The highest BCUT2D eigenvalue weighted by Gasteiger charge is 1.60. The van der Waals surface area contributed by atoms with Crippen LogP contribution in [0.3, 0.4) is 0 Å². The average Bonchev–Trinajstić information content (AvgIpc) is 1.41. The highest BCUT2D eigenvalue weighted by molar-refractivity contribution is 6.92. The van der Waals surface area contributed by atoms with Gasteiger partial charge in [-0.15, -0.1) is 11.6 Å². The molecule has 0 saturated heterocycles. The van der Waals surface area contributed by atoms with E-state index >= 15 is 0 Å². The summed E-state index contributed by atoms with van der Waals surface area (Å²) in [4.78, 5) is 9.00. The van der Waals surface area contributed by atoms with Crippen LogP contribution in [0.1, 0.15) is 0 Å². The maximum Gasteiger partial charge on any atom is 0.309 e. The van der Waals surface area contributed by atoms with E-state index in [1.54, 1.807) is 0 Å². The number of primary amides is 2. The molecule has 4 N–H and O–H groups in total. The Balaban J connectivity index is -0.0000000480. The zero-order valence-corrected chi connectivity index (χ0v) is 6.32. The maximum absolute atomic E-state index is 9.00. The molecule has 3 nitrogen and oxygen atoms in total. The summed E-state index contributed by atoms with van der Waals surface area (Å²) < 4.78 is 0. The van der Waals surface area contributed by atoms with Gasteiger partial charge >= 0.3 is 6.03 Å². The van der Waals surface area contributed by atoms with E-state index in [-0.39, 0.29) is 9.90 Å². The molecule has 0 heterocycles. The molecule has 1 atom stereocenters. The molecular weight excluding hydrogens is 134 g/mol. The van der Waals surface area contributed by atoms with Gasteiger partial charge in [0, 0.05) is 6.38 Å². The number of rotatable bonds is 0. The molecule has 0 aromatic rings. The van der Waals surface area contributed by atoms with Crippen molar-refractivity contribution in [1.29, 1.82) is 0 Å². The van der Waals surface area contributed by atoms with Crippen LogP contribution in [0.2, 0.25) is 0 Å². The van der Waals surface area contributed by atoms with Crippen molar-refractivity contribution in [3.05, 3.63) is 0 Å². The van der Waals surface area contributed by atoms with Crippen molar-refractivity contribution in [3.8, 4) is 0 Å². The fourth-order valence-corrected chi connectivity index (χ4v) is 0. The van der Waals surface area contributed by atoms with Gasteiger partial charge < -0.3 is 11.5 Å². The Bertz CT molecular complexity index is 38.7. The van der Waals surface area contributed by atoms with Crippen molar-refractivity contribution in [2.24, 2.45) is 11.5 Å². The van der Waals surface area contributed by atoms with Gasteiger partial charge in [0.25, 0.3) is 0 Å². The molecule has 0 aliphatic heterocycles. The molecule has 0 saturated carbocycles. The van der Waals surface area contributed by atoms with Crippen molar-refractivity contribution in [2.75, 3.05) is 6.38 Å². The van der Waals surface area contributed by atoms with E-state index in [4.69, 9.17) is 4.79 Å². The number of carbonyl (C=O) groups is 1. The molecule has 0 bridgehead atoms. The van der Waals surface area contributed by atoms with E-state index in [0.717, 1.165) is 0 Å². The lowest BCUT2D eigenvalue weighted by molar-refractivity contribution is 0.256. The lowest BCUT2D eigenvalue weighted by Crippen LogP contribution is -2.18. The number of hydrogen-bond donors (Lipinski definition) is 2. The number of halogens is 1. The van der Waals surface area contributed by atoms with Gasteiger partial charge in [0.1, 0.15) is 0 Å². The molecule has 0 aliphatic carbocycles. The highest BCUT2D eigenvalue weighted by Crippen LogP contribution is 1.34. The summed E-state index contributed by atoms with van der Waals surface area (Å²) in [6.07, 6.45) is 1.47. The van der Waals surface area contributed by atoms with Gasteiger partial charge in [-0.05, 0) is 0 Å². The summed E-state index contributed by atoms with van der Waals surface area (Å²) in [6, 6.07) is -0.833. The molecule has 5 heteroatoms. The molecule has 0 radical (unpaired) electrons. The first-order valence-corrected chi connectivity index (χ1v) is 1.92. The van der Waals surface area contributed by atoms with Crippen LogP contribution in [-0.2, 0) is 0 Å². The number of carbonyl (C=O) groups excluding carboxylic acids is 1. The largest absolute Gasteiger partial charge is 0.352 e. The third-order valence-corrected chi connectivity index (χ3v) is 0. The molecule has 0 spiro atoms. The summed E-state index contributed by atoms with van der Waals surface area (Å²) in [5, 5.41) is 0. The molecular formula is C2H10ClN2OP. The monoisotopic (exact) mass is 144 g/mol. The van der Waals surface area contributed by atoms with Crippen LogP contribution in [0.5, 0.6) is 0 Å². The van der Waals surface area contributed by atoms with Crippen LogP contribution >= 0.6 is 21.5 Å². The molecule has 0 rings (SSSR count). The van der Waals surface area contributed by atoms with Crippen LogP contribution < -0.4 is 11.5 Å². The van der Waals surface area contributed by atoms with Gasteiger partial charge in [0.15, 0.2) is 0 Å². The smallest absolute Gasteiger partial charge is 0.309 e. The van der Waals surface area contributed by atoms with Gasteiger partial charge in [-0.2, -0.15) is 9.90 Å². The van der Waals surface area contributed by atoms with Crippen molar-refractivity contribution >= 4 is 27.5 Å². The summed E-state index contributed by atoms with van der Waals surface area (Å²) in [5.41, 5.74) is 8.50. The summed E-state index contributed by atoms with van der Waals surface area (Å²) in [6.45, 7) is 0. The second-order valence-electron chi connectivity index (χ2n) is 0.402. The number of amides is 2. The Kier molecular flexibility index (Phi) is 37.5. The molecule has 0 fully saturated rings. The van der Waals surface area contributed by atoms with E-state index in [2.05, 4.69) is 23.1 Å². The summed E-state index contributed by atoms with van der Waals surface area (Å²) in [5.74, 6) is 0. The van der Waals surface area contributed by atoms with Gasteiger partial charge in [0.05, 0.1) is 0 Å². The second-order valence-corrected chi connectivity index (χ2v) is 0.402. The SMILES string of the molecule is CCl.NC(N)=O.P. The fourth-order valence-electron chi connectivity index (χ4n) is 0. The van der Waals surface area contributed by atoms with Gasteiger partial charge in [-0.1, -0.05) is 0 Å². The zero-order chi connectivity index (χ0) is 5.58. The minimum absolute atomic E-state index is 0. The predicted molar refractivity (Wildman–Crippen MR) is 36.7 cm³/mol. The number of urea groups is 1. The number of nitrogens with two attached hydrogens (primary N) is 2. The average molecular weight is 145 g/mol. The van der Waals surface area contributed by atoms with Gasteiger partial charge in [-0.3, -0.25) is 0 Å². The standard InChI is InChI=1S/CH3Cl.CH4N2O.H3P/c1-2;2-1(3)4;/h1H3;(H4,2,3,4);1H3. The molecule has 7 heavy (non-hydrogen) atoms. The molecule has 1 unspecified atom stereocenters. The first kappa shape index (κ1) is 15.8. The second kappa shape index (κ2) is 16.7. The third-order valence-electron chi connectivity index (χ3n) is 0. The van der Waals surface area contributed by atoms with Crippen molar-refractivity contribution in [3.63, 3.8) is 0 Å². The highest BCUT2D eigenvalue weighted by atomic mass is 35.5. The topological polar surface area (TPSA) is 69.1 Å². The van der Waals surface area contributed by atoms with Crippen LogP contribution in [0.4, 0.5) is 4.79 Å². The van der Waals surface area contributed by atoms with Crippen LogP contribution in [-0.4, -0.2) is 12.4 Å². The number of hydrogen-bond acceptors (Lipinski definition) is 1. The molecule has 46 valence electrons. The van der Waals surface area contributed by atoms with E-state index in [9.17, 15) is 0 Å². The predicted octanol–water partition coefficient (Wildman–Crippen LogP) is -0.0631. The lowest BCUT2D eigenvalue weighted by Gasteiger charge is -1.62. The Morgan fingerprint density at radius 1 is 1.43 bits per heavy atom.